The van der Waals surface area contributed by atoms with E-state index in [1.807, 2.05) is 6.07 Å². The topological polar surface area (TPSA) is 104 Å². The molecule has 0 spiro atoms. The summed E-state index contributed by atoms with van der Waals surface area (Å²) in [7, 11) is 0. The summed E-state index contributed by atoms with van der Waals surface area (Å²) in [6.07, 6.45) is 1.48. The van der Waals surface area contributed by atoms with Gasteiger partial charge in [0, 0.05) is 17.2 Å². The number of halogens is 1. The molecule has 0 bridgehead atoms. The van der Waals surface area contributed by atoms with Crippen molar-refractivity contribution in [3.05, 3.63) is 35.1 Å². The third kappa shape index (κ3) is 4.06. The molecule has 3 N–H and O–H groups in total. The minimum atomic E-state index is -2.02. The number of anilines is 2. The number of nitrogens with zero attached hydrogens (tertiary/aromatic N) is 3. The summed E-state index contributed by atoms with van der Waals surface area (Å²) in [4.78, 5) is 9.27. The molecule has 3 rings (SSSR count). The van der Waals surface area contributed by atoms with Gasteiger partial charge in [-0.2, -0.15) is 5.10 Å². The Balaban J connectivity index is 1.89. The fourth-order valence-electron chi connectivity index (χ4n) is 2.00. The van der Waals surface area contributed by atoms with Crippen LogP contribution in [0.5, 0.6) is 0 Å². The van der Waals surface area contributed by atoms with Crippen LogP contribution in [-0.4, -0.2) is 28.9 Å². The average Bonchev–Trinajstić information content (AvgIpc) is 3.18. The summed E-state index contributed by atoms with van der Waals surface area (Å²) in [6.45, 7) is 6.25. The molecule has 25 heavy (non-hydrogen) atoms. The molecule has 0 aliphatic carbocycles. The molecule has 1 unspecified atom stereocenters. The first kappa shape index (κ1) is 18.0. The smallest absolute Gasteiger partial charge is 0.196 e. The van der Waals surface area contributed by atoms with E-state index in [2.05, 4.69) is 46.3 Å². The Bertz CT molecular complexity index is 932. The van der Waals surface area contributed by atoms with Gasteiger partial charge in [0.15, 0.2) is 28.5 Å². The van der Waals surface area contributed by atoms with Crippen LogP contribution in [0.25, 0.3) is 10.7 Å². The van der Waals surface area contributed by atoms with Crippen molar-refractivity contribution in [2.24, 2.45) is 0 Å². The number of hydrogen-bond donors (Lipinski definition) is 3. The quantitative estimate of drug-likeness (QED) is 0.570. The van der Waals surface area contributed by atoms with E-state index >= 15 is 0 Å². The second kappa shape index (κ2) is 6.83. The van der Waals surface area contributed by atoms with Crippen molar-refractivity contribution < 1.29 is 8.76 Å². The van der Waals surface area contributed by atoms with Crippen molar-refractivity contribution in [3.63, 3.8) is 0 Å². The lowest BCUT2D eigenvalue weighted by Crippen LogP contribution is -2.11. The molecule has 0 fully saturated rings. The van der Waals surface area contributed by atoms with Gasteiger partial charge < -0.3 is 9.87 Å². The van der Waals surface area contributed by atoms with Crippen molar-refractivity contribution in [2.45, 2.75) is 30.4 Å². The number of nitrogens with one attached hydrogen (secondary N) is 2. The van der Waals surface area contributed by atoms with Gasteiger partial charge in [-0.3, -0.25) is 5.10 Å². The molecule has 0 amide bonds. The molecule has 3 heterocycles. The normalized spacial score (nSPS) is 13.0. The van der Waals surface area contributed by atoms with Gasteiger partial charge in [-0.1, -0.05) is 32.4 Å². The Labute approximate surface area is 156 Å². The Hall–Kier alpha value is -1.81. The zero-order chi connectivity index (χ0) is 18.2. The number of hydrogen-bond acceptors (Lipinski definition) is 6. The Morgan fingerprint density at radius 3 is 2.72 bits per heavy atom. The van der Waals surface area contributed by atoms with Gasteiger partial charge in [0.25, 0.3) is 0 Å². The van der Waals surface area contributed by atoms with E-state index in [1.165, 1.54) is 6.20 Å². The molecule has 3 aromatic heterocycles. The van der Waals surface area contributed by atoms with Gasteiger partial charge in [-0.15, -0.1) is 11.3 Å². The summed E-state index contributed by atoms with van der Waals surface area (Å²) < 4.78 is 20.6. The highest BCUT2D eigenvalue weighted by Gasteiger charge is 2.18. The highest BCUT2D eigenvalue weighted by Crippen LogP contribution is 2.31. The largest absolute Gasteiger partial charge is 0.322 e. The predicted molar refractivity (Wildman–Crippen MR) is 100.0 cm³/mol. The lowest BCUT2D eigenvalue weighted by molar-refractivity contribution is 0.566. The van der Waals surface area contributed by atoms with Crippen molar-refractivity contribution in [1.29, 1.82) is 0 Å². The molecule has 132 valence electrons. The maximum Gasteiger partial charge on any atom is 0.196 e. The van der Waals surface area contributed by atoms with Gasteiger partial charge in [-0.25, -0.2) is 14.2 Å². The van der Waals surface area contributed by atoms with Gasteiger partial charge in [-0.05, 0) is 12.1 Å². The van der Waals surface area contributed by atoms with Gasteiger partial charge >= 0.3 is 0 Å². The van der Waals surface area contributed by atoms with Crippen molar-refractivity contribution in [2.75, 3.05) is 5.32 Å². The first-order chi connectivity index (χ1) is 11.7. The molecule has 10 heteroatoms. The SMILES string of the molecule is CC(C)(C)c1cc(Nc2nc(-c3ccc(S(=O)O)s3)ncc2Cl)n[nH]1. The molecule has 3 aromatic rings. The van der Waals surface area contributed by atoms with Gasteiger partial charge in [0.1, 0.15) is 9.23 Å². The standard InChI is InChI=1S/C15H16ClN5O2S2/c1-15(2,3)10-6-11(21-20-10)18-13-8(16)7-17-14(19-13)9-4-5-12(24-9)25(22)23/h4-7H,1-3H3,(H,22,23)(H2,17,18,19,20,21). The summed E-state index contributed by atoms with van der Waals surface area (Å²) >= 11 is 5.31. The minimum Gasteiger partial charge on any atom is -0.322 e. The third-order valence-corrected chi connectivity index (χ3v) is 5.66. The van der Waals surface area contributed by atoms with E-state index in [0.29, 0.717) is 31.6 Å². The van der Waals surface area contributed by atoms with Crippen LogP contribution in [0.3, 0.4) is 0 Å². The van der Waals surface area contributed by atoms with E-state index in [9.17, 15) is 4.21 Å². The molecule has 1 atom stereocenters. The maximum absolute atomic E-state index is 11.1. The first-order valence-electron chi connectivity index (χ1n) is 7.30. The summed E-state index contributed by atoms with van der Waals surface area (Å²) in [5.74, 6) is 1.43. The van der Waals surface area contributed by atoms with Crippen LogP contribution in [0, 0.1) is 0 Å². The third-order valence-electron chi connectivity index (χ3n) is 3.35. The van der Waals surface area contributed by atoms with E-state index in [4.69, 9.17) is 16.2 Å². The van der Waals surface area contributed by atoms with Crippen LogP contribution in [0.4, 0.5) is 11.6 Å². The zero-order valence-electron chi connectivity index (χ0n) is 13.7. The van der Waals surface area contributed by atoms with E-state index in [0.717, 1.165) is 17.0 Å². The van der Waals surface area contributed by atoms with E-state index in [-0.39, 0.29) is 5.41 Å². The lowest BCUT2D eigenvalue weighted by atomic mass is 9.92. The number of thiophene rings is 1. The van der Waals surface area contributed by atoms with E-state index in [1.54, 1.807) is 12.1 Å². The van der Waals surface area contributed by atoms with Gasteiger partial charge in [0.05, 0.1) is 11.1 Å². The number of H-pyrrole nitrogens is 1. The zero-order valence-corrected chi connectivity index (χ0v) is 16.1. The second-order valence-electron chi connectivity index (χ2n) is 6.30. The van der Waals surface area contributed by atoms with E-state index < -0.39 is 11.1 Å². The maximum atomic E-state index is 11.1. The summed E-state index contributed by atoms with van der Waals surface area (Å²) in [6, 6.07) is 5.17. The van der Waals surface area contributed by atoms with Crippen LogP contribution >= 0.6 is 22.9 Å². The van der Waals surface area contributed by atoms with Crippen molar-refractivity contribution in [3.8, 4) is 10.7 Å². The Kier molecular flexibility index (Phi) is 4.92. The van der Waals surface area contributed by atoms with Crippen LogP contribution in [0.1, 0.15) is 26.5 Å². The molecular formula is C15H16ClN5O2S2. The van der Waals surface area contributed by atoms with Crippen LogP contribution in [0.15, 0.2) is 28.6 Å². The summed E-state index contributed by atoms with van der Waals surface area (Å²) in [5.41, 5.74) is 0.926. The molecule has 0 aliphatic rings. The highest BCUT2D eigenvalue weighted by atomic mass is 35.5. The predicted octanol–water partition coefficient (Wildman–Crippen LogP) is 4.20. The van der Waals surface area contributed by atoms with Gasteiger partial charge in [0.2, 0.25) is 0 Å². The minimum absolute atomic E-state index is 0.0547. The number of aromatic amines is 1. The molecule has 0 aromatic carbocycles. The molecule has 0 radical (unpaired) electrons. The fraction of sp³-hybridized carbons (Fsp3) is 0.267. The van der Waals surface area contributed by atoms with Crippen molar-refractivity contribution >= 4 is 45.7 Å². The Morgan fingerprint density at radius 2 is 2.12 bits per heavy atom. The van der Waals surface area contributed by atoms with Crippen LogP contribution in [0.2, 0.25) is 5.02 Å². The summed E-state index contributed by atoms with van der Waals surface area (Å²) in [5, 5.41) is 10.6. The monoisotopic (exact) mass is 397 g/mol. The highest BCUT2D eigenvalue weighted by molar-refractivity contribution is 7.81. The molecule has 7 nitrogen and oxygen atoms in total. The Morgan fingerprint density at radius 1 is 1.36 bits per heavy atom. The van der Waals surface area contributed by atoms with Crippen molar-refractivity contribution in [1.82, 2.24) is 20.2 Å². The van der Waals surface area contributed by atoms with Crippen LogP contribution < -0.4 is 5.32 Å². The fourth-order valence-corrected chi connectivity index (χ4v) is 3.55. The average molecular weight is 398 g/mol. The molecular weight excluding hydrogens is 382 g/mol. The number of rotatable bonds is 4. The second-order valence-corrected chi connectivity index (χ2v) is 8.99. The molecule has 0 saturated heterocycles. The molecule has 0 aliphatic heterocycles. The molecule has 0 saturated carbocycles. The lowest BCUT2D eigenvalue weighted by Gasteiger charge is -2.14. The number of aromatic nitrogens is 4. The van der Waals surface area contributed by atoms with Crippen LogP contribution in [-0.2, 0) is 16.5 Å². The first-order valence-corrected chi connectivity index (χ1v) is 9.60.